The summed E-state index contributed by atoms with van der Waals surface area (Å²) >= 11 is 0. The van der Waals surface area contributed by atoms with Crippen LogP contribution < -0.4 is 5.32 Å². The Labute approximate surface area is 125 Å². The Morgan fingerprint density at radius 3 is 2.52 bits per heavy atom. The number of nitrogens with zero attached hydrogens (tertiary/aromatic N) is 1. The van der Waals surface area contributed by atoms with Crippen molar-refractivity contribution >= 4 is 17.7 Å². The summed E-state index contributed by atoms with van der Waals surface area (Å²) in [5, 5.41) is 2.82. The molecule has 1 amide bonds. The molecule has 0 unspecified atom stereocenters. The summed E-state index contributed by atoms with van der Waals surface area (Å²) in [6.45, 7) is 6.21. The first kappa shape index (κ1) is 15.0. The molecule has 1 aromatic heterocycles. The summed E-state index contributed by atoms with van der Waals surface area (Å²) in [5.74, 6) is 0.370. The second kappa shape index (κ2) is 6.84. The van der Waals surface area contributed by atoms with Gasteiger partial charge in [0.2, 0.25) is 5.91 Å². The van der Waals surface area contributed by atoms with Gasteiger partial charge in [-0.2, -0.15) is 0 Å². The van der Waals surface area contributed by atoms with Crippen LogP contribution in [0.4, 0.5) is 5.69 Å². The van der Waals surface area contributed by atoms with E-state index in [1.807, 2.05) is 31.2 Å². The van der Waals surface area contributed by atoms with E-state index in [1.165, 1.54) is 5.56 Å². The van der Waals surface area contributed by atoms with Crippen molar-refractivity contribution in [2.24, 2.45) is 0 Å². The van der Waals surface area contributed by atoms with Crippen molar-refractivity contribution in [3.05, 3.63) is 65.5 Å². The third-order valence-corrected chi connectivity index (χ3v) is 3.19. The van der Waals surface area contributed by atoms with Crippen molar-refractivity contribution < 1.29 is 4.79 Å². The average molecular weight is 280 g/mol. The molecule has 0 bridgehead atoms. The highest BCUT2D eigenvalue weighted by molar-refractivity contribution is 6.01. The number of carbonyl (C=O) groups excluding carboxylic acids is 1. The van der Waals surface area contributed by atoms with Gasteiger partial charge in [-0.05, 0) is 42.2 Å². The average Bonchev–Trinajstić information content (AvgIpc) is 2.45. The molecule has 0 saturated heterocycles. The molecule has 21 heavy (non-hydrogen) atoms. The molecule has 0 saturated carbocycles. The van der Waals surface area contributed by atoms with Gasteiger partial charge in [-0.1, -0.05) is 38.1 Å². The number of carbonyl (C=O) groups is 1. The minimum atomic E-state index is -0.145. The first-order valence-electron chi connectivity index (χ1n) is 7.06. The molecule has 108 valence electrons. The van der Waals surface area contributed by atoms with E-state index in [1.54, 1.807) is 18.3 Å². The van der Waals surface area contributed by atoms with Gasteiger partial charge in [0.15, 0.2) is 0 Å². The van der Waals surface area contributed by atoms with Crippen LogP contribution in [0.3, 0.4) is 0 Å². The number of pyridine rings is 1. The Bertz CT molecular complexity index is 643. The minimum absolute atomic E-state index is 0.145. The lowest BCUT2D eigenvalue weighted by atomic mass is 10.0. The van der Waals surface area contributed by atoms with E-state index in [2.05, 4.69) is 36.3 Å². The first-order valence-corrected chi connectivity index (χ1v) is 7.06. The second-order valence-corrected chi connectivity index (χ2v) is 5.33. The summed E-state index contributed by atoms with van der Waals surface area (Å²) in [6.07, 6.45) is 5.03. The Kier molecular flexibility index (Phi) is 4.88. The van der Waals surface area contributed by atoms with Crippen LogP contribution in [0.5, 0.6) is 0 Å². The van der Waals surface area contributed by atoms with Crippen molar-refractivity contribution in [3.8, 4) is 0 Å². The highest BCUT2D eigenvalue weighted by Gasteiger charge is 2.00. The van der Waals surface area contributed by atoms with Crippen LogP contribution in [0.25, 0.3) is 6.08 Å². The largest absolute Gasteiger partial charge is 0.322 e. The number of hydrogen-bond acceptors (Lipinski definition) is 2. The zero-order chi connectivity index (χ0) is 15.2. The maximum absolute atomic E-state index is 11.9. The minimum Gasteiger partial charge on any atom is -0.322 e. The van der Waals surface area contributed by atoms with E-state index in [9.17, 15) is 4.79 Å². The van der Waals surface area contributed by atoms with Gasteiger partial charge in [-0.15, -0.1) is 0 Å². The standard InChI is InChI=1S/C18H20N2O/c1-13(2)16-7-4-15(5-8-16)6-9-18(21)20-17-10-11-19-14(3)12-17/h4-13H,1-3H3,(H,19,20,21)/b9-6+. The fourth-order valence-corrected chi connectivity index (χ4v) is 1.97. The molecule has 3 nitrogen and oxygen atoms in total. The molecule has 0 aliphatic heterocycles. The predicted octanol–water partition coefficient (Wildman–Crippen LogP) is 4.17. The van der Waals surface area contributed by atoms with E-state index >= 15 is 0 Å². The highest BCUT2D eigenvalue weighted by Crippen LogP contribution is 2.15. The fraction of sp³-hybridized carbons (Fsp3) is 0.222. The van der Waals surface area contributed by atoms with Gasteiger partial charge in [0.1, 0.15) is 0 Å². The summed E-state index contributed by atoms with van der Waals surface area (Å²) in [5.41, 5.74) is 3.94. The number of benzene rings is 1. The number of aromatic nitrogens is 1. The summed E-state index contributed by atoms with van der Waals surface area (Å²) in [4.78, 5) is 15.9. The van der Waals surface area contributed by atoms with Crippen LogP contribution >= 0.6 is 0 Å². The quantitative estimate of drug-likeness (QED) is 0.854. The molecule has 0 radical (unpaired) electrons. The van der Waals surface area contributed by atoms with Gasteiger partial charge < -0.3 is 5.32 Å². The summed E-state index contributed by atoms with van der Waals surface area (Å²) in [6, 6.07) is 11.8. The summed E-state index contributed by atoms with van der Waals surface area (Å²) in [7, 11) is 0. The third kappa shape index (κ3) is 4.56. The third-order valence-electron chi connectivity index (χ3n) is 3.19. The van der Waals surface area contributed by atoms with Crippen molar-refractivity contribution in [2.45, 2.75) is 26.7 Å². The van der Waals surface area contributed by atoms with Crippen molar-refractivity contribution in [3.63, 3.8) is 0 Å². The van der Waals surface area contributed by atoms with E-state index in [0.29, 0.717) is 5.92 Å². The molecular weight excluding hydrogens is 260 g/mol. The molecule has 2 rings (SSSR count). The smallest absolute Gasteiger partial charge is 0.248 e. The van der Waals surface area contributed by atoms with Gasteiger partial charge in [-0.25, -0.2) is 0 Å². The van der Waals surface area contributed by atoms with Crippen molar-refractivity contribution in [1.82, 2.24) is 4.98 Å². The van der Waals surface area contributed by atoms with Gasteiger partial charge in [-0.3, -0.25) is 9.78 Å². The molecular formula is C18H20N2O. The molecule has 0 aliphatic carbocycles. The van der Waals surface area contributed by atoms with Crippen molar-refractivity contribution in [1.29, 1.82) is 0 Å². The summed E-state index contributed by atoms with van der Waals surface area (Å²) < 4.78 is 0. The van der Waals surface area contributed by atoms with Crippen LogP contribution in [0.15, 0.2) is 48.7 Å². The molecule has 0 spiro atoms. The topological polar surface area (TPSA) is 42.0 Å². The van der Waals surface area contributed by atoms with E-state index < -0.39 is 0 Å². The van der Waals surface area contributed by atoms with Crippen LogP contribution in [-0.4, -0.2) is 10.9 Å². The lowest BCUT2D eigenvalue weighted by Crippen LogP contribution is -2.07. The van der Waals surface area contributed by atoms with Gasteiger partial charge >= 0.3 is 0 Å². The second-order valence-electron chi connectivity index (χ2n) is 5.33. The molecule has 1 N–H and O–H groups in total. The zero-order valence-corrected chi connectivity index (χ0v) is 12.6. The Morgan fingerprint density at radius 1 is 1.19 bits per heavy atom. The van der Waals surface area contributed by atoms with Crippen LogP contribution in [-0.2, 0) is 4.79 Å². The normalized spacial score (nSPS) is 11.0. The van der Waals surface area contributed by atoms with E-state index in [-0.39, 0.29) is 5.91 Å². The maximum atomic E-state index is 11.9. The predicted molar refractivity (Wildman–Crippen MR) is 87.2 cm³/mol. The molecule has 1 aromatic carbocycles. The number of nitrogens with one attached hydrogen (secondary N) is 1. The Hall–Kier alpha value is -2.42. The van der Waals surface area contributed by atoms with Gasteiger partial charge in [0.25, 0.3) is 0 Å². The first-order chi connectivity index (χ1) is 10.0. The van der Waals surface area contributed by atoms with Crippen LogP contribution in [0.1, 0.15) is 36.6 Å². The SMILES string of the molecule is Cc1cc(NC(=O)/C=C/c2ccc(C(C)C)cc2)ccn1. The molecule has 3 heteroatoms. The van der Waals surface area contributed by atoms with Crippen LogP contribution in [0.2, 0.25) is 0 Å². The van der Waals surface area contributed by atoms with Gasteiger partial charge in [0.05, 0.1) is 0 Å². The number of aryl methyl sites for hydroxylation is 1. The number of amides is 1. The molecule has 2 aromatic rings. The zero-order valence-electron chi connectivity index (χ0n) is 12.6. The van der Waals surface area contributed by atoms with Crippen molar-refractivity contribution in [2.75, 3.05) is 5.32 Å². The number of hydrogen-bond donors (Lipinski definition) is 1. The molecule has 0 aliphatic rings. The fourth-order valence-electron chi connectivity index (χ4n) is 1.97. The molecule has 0 atom stereocenters. The molecule has 0 fully saturated rings. The van der Waals surface area contributed by atoms with Crippen LogP contribution in [0, 0.1) is 6.92 Å². The van der Waals surface area contributed by atoms with E-state index in [4.69, 9.17) is 0 Å². The van der Waals surface area contributed by atoms with E-state index in [0.717, 1.165) is 16.9 Å². The lowest BCUT2D eigenvalue weighted by Gasteiger charge is -2.05. The Morgan fingerprint density at radius 2 is 1.90 bits per heavy atom. The lowest BCUT2D eigenvalue weighted by molar-refractivity contribution is -0.111. The maximum Gasteiger partial charge on any atom is 0.248 e. The van der Waals surface area contributed by atoms with Gasteiger partial charge in [0, 0.05) is 23.7 Å². The Balaban J connectivity index is 1.98. The highest BCUT2D eigenvalue weighted by atomic mass is 16.1. The number of rotatable bonds is 4. The molecule has 1 heterocycles. The number of anilines is 1. The monoisotopic (exact) mass is 280 g/mol.